The molecule has 6 N–H and O–H groups in total. The van der Waals surface area contributed by atoms with E-state index in [1.807, 2.05) is 0 Å². The molecule has 6 nitrogen and oxygen atoms in total. The topological polar surface area (TPSA) is 134 Å². The van der Waals surface area contributed by atoms with Crippen LogP contribution in [0.25, 0.3) is 0 Å². The van der Waals surface area contributed by atoms with Crippen molar-refractivity contribution in [3.63, 3.8) is 0 Å². The predicted molar refractivity (Wildman–Crippen MR) is 80.4 cm³/mol. The molecule has 0 spiro atoms. The fraction of sp³-hybridized carbons (Fsp3) is 0. The van der Waals surface area contributed by atoms with Gasteiger partial charge in [-0.25, -0.2) is 8.42 Å². The Morgan fingerprint density at radius 3 is 1.24 bits per heavy atom. The van der Waals surface area contributed by atoms with Gasteiger partial charge in [-0.15, -0.1) is 0 Å². The van der Waals surface area contributed by atoms with Crippen LogP contribution in [0.3, 0.4) is 0 Å². The molecular weight excluding hydrogens is 288 g/mol. The van der Waals surface area contributed by atoms with Crippen molar-refractivity contribution in [2.24, 2.45) is 11.5 Å². The summed E-state index contributed by atoms with van der Waals surface area (Å²) >= 11 is 0. The minimum Gasteiger partial charge on any atom is -0.384 e. The first kappa shape index (κ1) is 14.7. The van der Waals surface area contributed by atoms with Gasteiger partial charge in [0.15, 0.2) is 0 Å². The molecule has 0 radical (unpaired) electrons. The summed E-state index contributed by atoms with van der Waals surface area (Å²) in [5, 5.41) is 14.6. The van der Waals surface area contributed by atoms with Gasteiger partial charge in [0.2, 0.25) is 9.84 Å². The zero-order chi connectivity index (χ0) is 15.6. The Hall–Kier alpha value is -2.67. The van der Waals surface area contributed by atoms with E-state index in [4.69, 9.17) is 22.3 Å². The lowest BCUT2D eigenvalue weighted by atomic mass is 10.2. The number of nitrogens with two attached hydrogens (primary N) is 2. The quantitative estimate of drug-likeness (QED) is 0.496. The summed E-state index contributed by atoms with van der Waals surface area (Å²) in [4.78, 5) is 0.228. The van der Waals surface area contributed by atoms with E-state index < -0.39 is 9.84 Å². The van der Waals surface area contributed by atoms with E-state index in [1.54, 1.807) is 0 Å². The molecule has 0 amide bonds. The van der Waals surface area contributed by atoms with Gasteiger partial charge in [-0.05, 0) is 48.5 Å². The highest BCUT2D eigenvalue weighted by molar-refractivity contribution is 7.91. The Kier molecular flexibility index (Phi) is 3.77. The number of hydrogen-bond acceptors (Lipinski definition) is 4. The average molecular weight is 302 g/mol. The Bertz CT molecular complexity index is 730. The molecule has 0 bridgehead atoms. The maximum Gasteiger partial charge on any atom is 0.206 e. The van der Waals surface area contributed by atoms with Gasteiger partial charge in [-0.3, -0.25) is 10.8 Å². The molecule has 0 aliphatic heterocycles. The molecular formula is C14H14N4O2S. The van der Waals surface area contributed by atoms with Crippen molar-refractivity contribution in [3.05, 3.63) is 59.7 Å². The van der Waals surface area contributed by atoms with Crippen molar-refractivity contribution in [2.75, 3.05) is 0 Å². The van der Waals surface area contributed by atoms with Crippen LogP contribution in [-0.2, 0) is 9.84 Å². The summed E-state index contributed by atoms with van der Waals surface area (Å²) in [5.74, 6) is -0.241. The third-order valence-electron chi connectivity index (χ3n) is 2.95. The molecule has 0 aliphatic carbocycles. The van der Waals surface area contributed by atoms with Crippen LogP contribution >= 0.6 is 0 Å². The Morgan fingerprint density at radius 1 is 0.714 bits per heavy atom. The van der Waals surface area contributed by atoms with Gasteiger partial charge in [0.05, 0.1) is 9.79 Å². The highest BCUT2D eigenvalue weighted by Gasteiger charge is 2.17. The molecule has 2 aromatic carbocycles. The van der Waals surface area contributed by atoms with E-state index in [0.717, 1.165) is 0 Å². The molecule has 2 rings (SSSR count). The fourth-order valence-corrected chi connectivity index (χ4v) is 3.02. The normalized spacial score (nSPS) is 11.0. The number of rotatable bonds is 4. The van der Waals surface area contributed by atoms with Gasteiger partial charge in [0.25, 0.3) is 0 Å². The summed E-state index contributed by atoms with van der Waals surface area (Å²) < 4.78 is 24.9. The van der Waals surface area contributed by atoms with E-state index in [2.05, 4.69) is 0 Å². The van der Waals surface area contributed by atoms with Crippen LogP contribution < -0.4 is 11.5 Å². The van der Waals surface area contributed by atoms with Crippen LogP contribution in [0.2, 0.25) is 0 Å². The van der Waals surface area contributed by atoms with Crippen molar-refractivity contribution < 1.29 is 8.42 Å². The molecule has 0 aliphatic rings. The average Bonchev–Trinajstić information content (AvgIpc) is 2.47. The molecule has 7 heteroatoms. The molecule has 2 aromatic rings. The van der Waals surface area contributed by atoms with Crippen LogP contribution in [0.1, 0.15) is 11.1 Å². The number of amidine groups is 2. The van der Waals surface area contributed by atoms with Crippen LogP contribution in [0.15, 0.2) is 58.3 Å². The van der Waals surface area contributed by atoms with E-state index in [-0.39, 0.29) is 21.5 Å². The Morgan fingerprint density at radius 2 is 1.00 bits per heavy atom. The molecule has 21 heavy (non-hydrogen) atoms. The van der Waals surface area contributed by atoms with Crippen LogP contribution in [-0.4, -0.2) is 20.1 Å². The molecule has 0 fully saturated rings. The SMILES string of the molecule is N=C(N)c1ccc(S(=O)(=O)c2ccc(C(=N)N)cc2)cc1. The van der Waals surface area contributed by atoms with Gasteiger partial charge in [-0.2, -0.15) is 0 Å². The van der Waals surface area contributed by atoms with Crippen LogP contribution in [0.5, 0.6) is 0 Å². The first-order chi connectivity index (χ1) is 9.82. The summed E-state index contributed by atoms with van der Waals surface area (Å²) in [6.45, 7) is 0. The molecule has 0 saturated heterocycles. The third-order valence-corrected chi connectivity index (χ3v) is 4.74. The lowest BCUT2D eigenvalue weighted by Crippen LogP contribution is -2.12. The number of benzene rings is 2. The van der Waals surface area contributed by atoms with Gasteiger partial charge in [0.1, 0.15) is 11.7 Å². The van der Waals surface area contributed by atoms with Gasteiger partial charge < -0.3 is 11.5 Å². The van der Waals surface area contributed by atoms with E-state index in [1.165, 1.54) is 48.5 Å². The van der Waals surface area contributed by atoms with E-state index in [9.17, 15) is 8.42 Å². The smallest absolute Gasteiger partial charge is 0.206 e. The minimum atomic E-state index is -3.65. The zero-order valence-corrected chi connectivity index (χ0v) is 11.8. The van der Waals surface area contributed by atoms with Crippen LogP contribution in [0, 0.1) is 10.8 Å². The minimum absolute atomic E-state index is 0.114. The van der Waals surface area contributed by atoms with Gasteiger partial charge in [-0.1, -0.05) is 0 Å². The molecule has 0 aromatic heterocycles. The molecule has 0 atom stereocenters. The number of nitrogens with one attached hydrogen (secondary N) is 2. The lowest BCUT2D eigenvalue weighted by Gasteiger charge is -2.06. The largest absolute Gasteiger partial charge is 0.384 e. The van der Waals surface area contributed by atoms with Crippen molar-refractivity contribution >= 4 is 21.5 Å². The number of hydrogen-bond donors (Lipinski definition) is 4. The second-order valence-corrected chi connectivity index (χ2v) is 6.33. The van der Waals surface area contributed by atoms with E-state index >= 15 is 0 Å². The second-order valence-electron chi connectivity index (χ2n) is 4.38. The second kappa shape index (κ2) is 5.37. The Labute approximate surface area is 122 Å². The third kappa shape index (κ3) is 2.92. The first-order valence-electron chi connectivity index (χ1n) is 5.96. The maximum absolute atomic E-state index is 12.4. The standard InChI is InChI=1S/C14H14N4O2S/c15-13(16)9-1-5-11(6-2-9)21(19,20)12-7-3-10(4-8-12)14(17)18/h1-8H,(H3,15,16)(H3,17,18). The number of sulfone groups is 1. The van der Waals surface area contributed by atoms with Gasteiger partial charge in [0, 0.05) is 11.1 Å². The highest BCUT2D eigenvalue weighted by Crippen LogP contribution is 2.21. The first-order valence-corrected chi connectivity index (χ1v) is 7.44. The van der Waals surface area contributed by atoms with E-state index in [0.29, 0.717) is 11.1 Å². The predicted octanol–water partition coefficient (Wildman–Crippen LogP) is 1.09. The summed E-state index contributed by atoms with van der Waals surface area (Å²) in [6.07, 6.45) is 0. The number of nitrogen functional groups attached to an aromatic ring is 2. The van der Waals surface area contributed by atoms with Crippen molar-refractivity contribution in [2.45, 2.75) is 9.79 Å². The zero-order valence-electron chi connectivity index (χ0n) is 11.0. The highest BCUT2D eigenvalue weighted by atomic mass is 32.2. The molecule has 108 valence electrons. The molecule has 0 heterocycles. The summed E-state index contributed by atoms with van der Waals surface area (Å²) in [6, 6.07) is 11.6. The van der Waals surface area contributed by atoms with Crippen molar-refractivity contribution in [1.29, 1.82) is 10.8 Å². The molecule has 0 unspecified atom stereocenters. The van der Waals surface area contributed by atoms with Crippen LogP contribution in [0.4, 0.5) is 0 Å². The van der Waals surface area contributed by atoms with Crippen molar-refractivity contribution in [3.8, 4) is 0 Å². The summed E-state index contributed by atoms with van der Waals surface area (Å²) in [7, 11) is -3.65. The van der Waals surface area contributed by atoms with Gasteiger partial charge >= 0.3 is 0 Å². The maximum atomic E-state index is 12.4. The summed E-state index contributed by atoms with van der Waals surface area (Å²) in [5.41, 5.74) is 11.6. The fourth-order valence-electron chi connectivity index (χ4n) is 1.76. The molecule has 0 saturated carbocycles. The Balaban J connectivity index is 2.41. The van der Waals surface area contributed by atoms with Crippen molar-refractivity contribution in [1.82, 2.24) is 0 Å². The monoisotopic (exact) mass is 302 g/mol. The lowest BCUT2D eigenvalue weighted by molar-refractivity contribution is 0.596.